The normalized spacial score (nSPS) is 14.5. The third-order valence-electron chi connectivity index (χ3n) is 4.91. The van der Waals surface area contributed by atoms with Gasteiger partial charge in [0.2, 0.25) is 5.91 Å². The van der Waals surface area contributed by atoms with E-state index in [1.807, 2.05) is 54.6 Å². The van der Waals surface area contributed by atoms with E-state index >= 15 is 0 Å². The van der Waals surface area contributed by atoms with Crippen LogP contribution in [-0.2, 0) is 27.6 Å². The van der Waals surface area contributed by atoms with Crippen LogP contribution in [0.2, 0.25) is 0 Å². The van der Waals surface area contributed by atoms with Gasteiger partial charge in [-0.3, -0.25) is 4.79 Å². The standard InChI is InChI=1S/C23H32N2O5S/c1-17(16-31(3,28)29)23(27)25-21(13-18-8-5-4-6-9-18)22(26)15-24-14-19-10-7-11-20(12-19)30-2/h4-12,17,21-22,24,26H,13-16H2,1-3H3,(H,25,27). The lowest BCUT2D eigenvalue weighted by Crippen LogP contribution is -2.50. The Hall–Kier alpha value is -2.42. The molecule has 2 aromatic rings. The fourth-order valence-corrected chi connectivity index (χ4v) is 4.35. The number of carbonyl (C=O) groups is 1. The molecule has 0 saturated carbocycles. The van der Waals surface area contributed by atoms with E-state index in [4.69, 9.17) is 4.74 Å². The van der Waals surface area contributed by atoms with E-state index in [9.17, 15) is 18.3 Å². The molecule has 31 heavy (non-hydrogen) atoms. The second-order valence-electron chi connectivity index (χ2n) is 7.85. The zero-order valence-corrected chi connectivity index (χ0v) is 19.1. The molecule has 0 aliphatic rings. The molecule has 0 aliphatic heterocycles. The van der Waals surface area contributed by atoms with Gasteiger partial charge in [0.05, 0.1) is 25.0 Å². The highest BCUT2D eigenvalue weighted by Gasteiger charge is 2.25. The van der Waals surface area contributed by atoms with Crippen molar-refractivity contribution in [2.24, 2.45) is 5.92 Å². The summed E-state index contributed by atoms with van der Waals surface area (Å²) in [5.74, 6) is -0.571. The first kappa shape index (κ1) is 24.8. The quantitative estimate of drug-likeness (QED) is 0.455. The number of methoxy groups -OCH3 is 1. The summed E-state index contributed by atoms with van der Waals surface area (Å²) in [6.45, 7) is 2.36. The molecule has 3 N–H and O–H groups in total. The molecule has 0 spiro atoms. The molecule has 1 amide bonds. The maximum Gasteiger partial charge on any atom is 0.224 e. The van der Waals surface area contributed by atoms with Crippen LogP contribution in [0.15, 0.2) is 54.6 Å². The highest BCUT2D eigenvalue weighted by Crippen LogP contribution is 2.13. The van der Waals surface area contributed by atoms with Gasteiger partial charge in [0.25, 0.3) is 0 Å². The summed E-state index contributed by atoms with van der Waals surface area (Å²) in [4.78, 5) is 12.6. The molecule has 3 atom stereocenters. The molecule has 0 heterocycles. The molecule has 0 aliphatic carbocycles. The van der Waals surface area contributed by atoms with Gasteiger partial charge < -0.3 is 20.5 Å². The number of hydrogen-bond acceptors (Lipinski definition) is 6. The van der Waals surface area contributed by atoms with Gasteiger partial charge in [-0.1, -0.05) is 49.4 Å². The summed E-state index contributed by atoms with van der Waals surface area (Å²) in [5, 5.41) is 16.8. The number of benzene rings is 2. The zero-order chi connectivity index (χ0) is 22.9. The molecule has 3 unspecified atom stereocenters. The first-order chi connectivity index (χ1) is 14.7. The van der Waals surface area contributed by atoms with E-state index in [1.165, 1.54) is 0 Å². The monoisotopic (exact) mass is 448 g/mol. The van der Waals surface area contributed by atoms with Crippen LogP contribution < -0.4 is 15.4 Å². The molecule has 7 nitrogen and oxygen atoms in total. The van der Waals surface area contributed by atoms with Crippen molar-refractivity contribution in [1.82, 2.24) is 10.6 Å². The van der Waals surface area contributed by atoms with Crippen molar-refractivity contribution in [1.29, 1.82) is 0 Å². The maximum absolute atomic E-state index is 12.6. The van der Waals surface area contributed by atoms with Gasteiger partial charge in [-0.2, -0.15) is 0 Å². The van der Waals surface area contributed by atoms with Gasteiger partial charge in [0, 0.05) is 25.3 Å². The molecule has 0 fully saturated rings. The summed E-state index contributed by atoms with van der Waals surface area (Å²) < 4.78 is 28.3. The number of sulfone groups is 1. The lowest BCUT2D eigenvalue weighted by atomic mass is 10.00. The van der Waals surface area contributed by atoms with Crippen molar-refractivity contribution < 1.29 is 23.1 Å². The first-order valence-corrected chi connectivity index (χ1v) is 12.3. The van der Waals surface area contributed by atoms with Crippen LogP contribution >= 0.6 is 0 Å². The van der Waals surface area contributed by atoms with E-state index in [1.54, 1.807) is 14.0 Å². The average molecular weight is 449 g/mol. The Morgan fingerprint density at radius 2 is 1.77 bits per heavy atom. The minimum absolute atomic E-state index is 0.235. The molecule has 0 saturated heterocycles. The molecule has 2 rings (SSSR count). The summed E-state index contributed by atoms with van der Waals surface area (Å²) in [7, 11) is -1.67. The molecule has 0 radical (unpaired) electrons. The van der Waals surface area contributed by atoms with Crippen LogP contribution in [0.5, 0.6) is 5.75 Å². The summed E-state index contributed by atoms with van der Waals surface area (Å²) in [5.41, 5.74) is 1.98. The Labute approximate surface area is 184 Å². The predicted octanol–water partition coefficient (Wildman–Crippen LogP) is 1.55. The topological polar surface area (TPSA) is 105 Å². The fourth-order valence-electron chi connectivity index (χ4n) is 3.30. The molecular weight excluding hydrogens is 416 g/mol. The van der Waals surface area contributed by atoms with Crippen molar-refractivity contribution in [3.8, 4) is 5.75 Å². The highest BCUT2D eigenvalue weighted by molar-refractivity contribution is 7.90. The number of aliphatic hydroxyl groups excluding tert-OH is 1. The van der Waals surface area contributed by atoms with Crippen LogP contribution in [0.3, 0.4) is 0 Å². The third-order valence-corrected chi connectivity index (χ3v) is 6.01. The predicted molar refractivity (Wildman–Crippen MR) is 122 cm³/mol. The Kier molecular flexibility index (Phi) is 9.48. The van der Waals surface area contributed by atoms with E-state index in [-0.39, 0.29) is 12.3 Å². The number of amides is 1. The Balaban J connectivity index is 2.01. The molecule has 0 bridgehead atoms. The molecule has 0 aromatic heterocycles. The van der Waals surface area contributed by atoms with E-state index in [0.29, 0.717) is 13.0 Å². The Morgan fingerprint density at radius 3 is 2.42 bits per heavy atom. The van der Waals surface area contributed by atoms with Gasteiger partial charge in [0.1, 0.15) is 15.6 Å². The van der Waals surface area contributed by atoms with Gasteiger partial charge in [0.15, 0.2) is 0 Å². The van der Waals surface area contributed by atoms with Crippen LogP contribution in [0.25, 0.3) is 0 Å². The lowest BCUT2D eigenvalue weighted by molar-refractivity contribution is -0.125. The largest absolute Gasteiger partial charge is 0.497 e. The Morgan fingerprint density at radius 1 is 1.10 bits per heavy atom. The number of aliphatic hydroxyl groups is 1. The minimum Gasteiger partial charge on any atom is -0.497 e. The summed E-state index contributed by atoms with van der Waals surface area (Å²) >= 11 is 0. The molecule has 170 valence electrons. The third kappa shape index (κ3) is 9.08. The van der Waals surface area contributed by atoms with Crippen LogP contribution in [0.1, 0.15) is 18.1 Å². The van der Waals surface area contributed by atoms with Gasteiger partial charge in [-0.05, 0) is 29.7 Å². The summed E-state index contributed by atoms with van der Waals surface area (Å²) in [6, 6.07) is 16.6. The number of nitrogens with one attached hydrogen (secondary N) is 2. The Bertz CT molecular complexity index is 934. The molecule has 2 aromatic carbocycles. The number of rotatable bonds is 12. The van der Waals surface area contributed by atoms with Crippen molar-refractivity contribution in [3.63, 3.8) is 0 Å². The van der Waals surface area contributed by atoms with E-state index in [2.05, 4.69) is 10.6 Å². The first-order valence-electron chi connectivity index (χ1n) is 10.2. The highest BCUT2D eigenvalue weighted by atomic mass is 32.2. The van der Waals surface area contributed by atoms with Crippen LogP contribution in [-0.4, -0.2) is 57.2 Å². The second-order valence-corrected chi connectivity index (χ2v) is 10.0. The zero-order valence-electron chi connectivity index (χ0n) is 18.2. The maximum atomic E-state index is 12.6. The number of hydrogen-bond donors (Lipinski definition) is 3. The van der Waals surface area contributed by atoms with Crippen molar-refractivity contribution in [3.05, 3.63) is 65.7 Å². The van der Waals surface area contributed by atoms with Gasteiger partial charge in [-0.15, -0.1) is 0 Å². The smallest absolute Gasteiger partial charge is 0.224 e. The lowest BCUT2D eigenvalue weighted by Gasteiger charge is -2.26. The fraction of sp³-hybridized carbons (Fsp3) is 0.435. The van der Waals surface area contributed by atoms with Gasteiger partial charge in [-0.25, -0.2) is 8.42 Å². The van der Waals surface area contributed by atoms with Crippen molar-refractivity contribution >= 4 is 15.7 Å². The molecular formula is C23H32N2O5S. The van der Waals surface area contributed by atoms with Crippen molar-refractivity contribution in [2.45, 2.75) is 32.0 Å². The summed E-state index contributed by atoms with van der Waals surface area (Å²) in [6.07, 6.45) is 0.677. The van der Waals surface area contributed by atoms with Gasteiger partial charge >= 0.3 is 0 Å². The number of ether oxygens (including phenoxy) is 1. The minimum atomic E-state index is -3.28. The second kappa shape index (κ2) is 11.8. The van der Waals surface area contributed by atoms with Crippen LogP contribution in [0.4, 0.5) is 0 Å². The number of carbonyl (C=O) groups excluding carboxylic acids is 1. The van der Waals surface area contributed by atoms with E-state index in [0.717, 1.165) is 23.1 Å². The molecule has 8 heteroatoms. The average Bonchev–Trinajstić information content (AvgIpc) is 2.72. The SMILES string of the molecule is COc1cccc(CNCC(O)C(Cc2ccccc2)NC(=O)C(C)CS(C)(=O)=O)c1. The van der Waals surface area contributed by atoms with Crippen molar-refractivity contribution in [2.75, 3.05) is 25.7 Å². The van der Waals surface area contributed by atoms with Crippen LogP contribution in [0, 0.1) is 5.92 Å². The van der Waals surface area contributed by atoms with E-state index < -0.39 is 33.8 Å².